The smallest absolute Gasteiger partial charge is 0.254 e. The van der Waals surface area contributed by atoms with E-state index in [0.717, 1.165) is 32.7 Å². The number of halogens is 1. The standard InChI is InChI=1S/C13H11ClN2O2S3/c1-7-3-4-8(2)12-11(7)15-13(20-12)16-21(17,18)10-6-5-9(14)19-10/h3-6H,1-2H3,(H,15,16). The highest BCUT2D eigenvalue weighted by atomic mass is 35.5. The summed E-state index contributed by atoms with van der Waals surface area (Å²) >= 11 is 8.14. The number of rotatable bonds is 3. The lowest BCUT2D eigenvalue weighted by molar-refractivity contribution is 0.603. The van der Waals surface area contributed by atoms with Crippen molar-refractivity contribution in [1.82, 2.24) is 4.98 Å². The van der Waals surface area contributed by atoms with Gasteiger partial charge in [-0.1, -0.05) is 35.1 Å². The second-order valence-electron chi connectivity index (χ2n) is 4.56. The van der Waals surface area contributed by atoms with E-state index in [0.29, 0.717) is 9.47 Å². The van der Waals surface area contributed by atoms with Crippen molar-refractivity contribution >= 4 is 59.6 Å². The van der Waals surface area contributed by atoms with Gasteiger partial charge in [-0.25, -0.2) is 13.4 Å². The summed E-state index contributed by atoms with van der Waals surface area (Å²) in [7, 11) is -3.63. The Labute approximate surface area is 135 Å². The van der Waals surface area contributed by atoms with Gasteiger partial charge >= 0.3 is 0 Å². The van der Waals surface area contributed by atoms with Crippen LogP contribution in [0, 0.1) is 13.8 Å². The first-order valence-electron chi connectivity index (χ1n) is 6.02. The predicted octanol–water partition coefficient (Wildman–Crippen LogP) is 4.43. The summed E-state index contributed by atoms with van der Waals surface area (Å²) in [6.07, 6.45) is 0. The number of nitrogens with one attached hydrogen (secondary N) is 1. The number of anilines is 1. The Morgan fingerprint density at radius 1 is 1.10 bits per heavy atom. The van der Waals surface area contributed by atoms with E-state index in [4.69, 9.17) is 11.6 Å². The molecule has 1 N–H and O–H groups in total. The first-order chi connectivity index (χ1) is 9.87. The molecule has 2 aromatic heterocycles. The minimum absolute atomic E-state index is 0.181. The molecule has 0 aliphatic heterocycles. The van der Waals surface area contributed by atoms with E-state index < -0.39 is 10.0 Å². The lowest BCUT2D eigenvalue weighted by Crippen LogP contribution is -2.11. The second kappa shape index (κ2) is 5.24. The minimum atomic E-state index is -3.63. The summed E-state index contributed by atoms with van der Waals surface area (Å²) in [5.74, 6) is 0. The third-order valence-electron chi connectivity index (χ3n) is 2.98. The molecule has 0 spiro atoms. The molecule has 0 aliphatic rings. The van der Waals surface area contributed by atoms with Gasteiger partial charge in [-0.3, -0.25) is 4.72 Å². The molecular formula is C13H11ClN2O2S3. The van der Waals surface area contributed by atoms with Gasteiger partial charge < -0.3 is 0 Å². The Bertz CT molecular complexity index is 889. The summed E-state index contributed by atoms with van der Waals surface area (Å²) in [6, 6.07) is 7.04. The predicted molar refractivity (Wildman–Crippen MR) is 89.2 cm³/mol. The second-order valence-corrected chi connectivity index (χ2v) is 9.18. The molecule has 0 atom stereocenters. The van der Waals surface area contributed by atoms with Gasteiger partial charge in [0.25, 0.3) is 10.0 Å². The summed E-state index contributed by atoms with van der Waals surface area (Å²) in [5, 5.41) is 0.368. The highest BCUT2D eigenvalue weighted by Crippen LogP contribution is 2.33. The van der Waals surface area contributed by atoms with Crippen molar-refractivity contribution in [2.75, 3.05) is 4.72 Å². The average molecular weight is 359 g/mol. The maximum Gasteiger partial charge on any atom is 0.273 e. The largest absolute Gasteiger partial charge is 0.273 e. The molecule has 21 heavy (non-hydrogen) atoms. The van der Waals surface area contributed by atoms with E-state index in [9.17, 15) is 8.42 Å². The minimum Gasteiger partial charge on any atom is -0.254 e. The van der Waals surface area contributed by atoms with Gasteiger partial charge in [0.1, 0.15) is 4.21 Å². The van der Waals surface area contributed by atoms with Crippen LogP contribution in [0.1, 0.15) is 11.1 Å². The van der Waals surface area contributed by atoms with Crippen molar-refractivity contribution in [1.29, 1.82) is 0 Å². The molecule has 0 bridgehead atoms. The van der Waals surface area contributed by atoms with E-state index in [1.807, 2.05) is 26.0 Å². The van der Waals surface area contributed by atoms with Gasteiger partial charge in [-0.15, -0.1) is 11.3 Å². The lowest BCUT2D eigenvalue weighted by atomic mass is 10.1. The zero-order valence-corrected chi connectivity index (χ0v) is 14.4. The molecule has 1 aromatic carbocycles. The van der Waals surface area contributed by atoms with Crippen LogP contribution in [-0.2, 0) is 10.0 Å². The number of hydrogen-bond acceptors (Lipinski definition) is 5. The molecule has 3 aromatic rings. The topological polar surface area (TPSA) is 59.1 Å². The summed E-state index contributed by atoms with van der Waals surface area (Å²) in [5.41, 5.74) is 2.94. The molecule has 3 rings (SSSR count). The highest BCUT2D eigenvalue weighted by Gasteiger charge is 2.19. The quantitative estimate of drug-likeness (QED) is 0.753. The third kappa shape index (κ3) is 2.78. The van der Waals surface area contributed by atoms with Crippen LogP contribution in [0.2, 0.25) is 4.34 Å². The molecule has 0 aliphatic carbocycles. The number of aromatic nitrogens is 1. The number of aryl methyl sites for hydroxylation is 2. The highest BCUT2D eigenvalue weighted by molar-refractivity contribution is 7.95. The Hall–Kier alpha value is -1.15. The van der Waals surface area contributed by atoms with Crippen LogP contribution in [0.25, 0.3) is 10.2 Å². The maximum absolute atomic E-state index is 12.3. The summed E-state index contributed by atoms with van der Waals surface area (Å²) in [4.78, 5) is 4.39. The number of sulfonamides is 1. The van der Waals surface area contributed by atoms with Crippen LogP contribution in [0.3, 0.4) is 0 Å². The maximum atomic E-state index is 12.3. The average Bonchev–Trinajstić information content (AvgIpc) is 3.01. The molecule has 2 heterocycles. The first kappa shape index (κ1) is 14.8. The van der Waals surface area contributed by atoms with Crippen LogP contribution < -0.4 is 4.72 Å². The van der Waals surface area contributed by atoms with Crippen LogP contribution in [0.4, 0.5) is 5.13 Å². The zero-order valence-electron chi connectivity index (χ0n) is 11.2. The molecule has 0 radical (unpaired) electrons. The van der Waals surface area contributed by atoms with Crippen LogP contribution in [0.15, 0.2) is 28.5 Å². The molecule has 0 unspecified atom stereocenters. The van der Waals surface area contributed by atoms with Gasteiger partial charge in [0.05, 0.1) is 14.6 Å². The molecule has 0 saturated carbocycles. The number of nitrogens with zero attached hydrogens (tertiary/aromatic N) is 1. The van der Waals surface area contributed by atoms with Crippen LogP contribution in [-0.4, -0.2) is 13.4 Å². The molecule has 110 valence electrons. The van der Waals surface area contributed by atoms with E-state index in [1.165, 1.54) is 17.4 Å². The van der Waals surface area contributed by atoms with Gasteiger partial charge in [0.15, 0.2) is 5.13 Å². The van der Waals surface area contributed by atoms with E-state index in [-0.39, 0.29) is 4.21 Å². The zero-order chi connectivity index (χ0) is 15.2. The SMILES string of the molecule is Cc1ccc(C)c2sc(NS(=O)(=O)c3ccc(Cl)s3)nc12. The van der Waals surface area contributed by atoms with E-state index in [1.54, 1.807) is 6.07 Å². The van der Waals surface area contributed by atoms with E-state index in [2.05, 4.69) is 9.71 Å². The van der Waals surface area contributed by atoms with Crippen molar-refractivity contribution in [3.05, 3.63) is 39.7 Å². The Morgan fingerprint density at radius 2 is 1.81 bits per heavy atom. The number of benzene rings is 1. The fourth-order valence-electron chi connectivity index (χ4n) is 1.91. The third-order valence-corrected chi connectivity index (χ3v) is 7.27. The fourth-order valence-corrected chi connectivity index (χ4v) is 5.64. The van der Waals surface area contributed by atoms with Crippen molar-refractivity contribution in [2.24, 2.45) is 0 Å². The first-order valence-corrected chi connectivity index (χ1v) is 9.51. The lowest BCUT2D eigenvalue weighted by Gasteiger charge is -2.01. The summed E-state index contributed by atoms with van der Waals surface area (Å²) in [6.45, 7) is 3.94. The number of fused-ring (bicyclic) bond motifs is 1. The van der Waals surface area contributed by atoms with Crippen molar-refractivity contribution in [3.8, 4) is 0 Å². The van der Waals surface area contributed by atoms with Crippen molar-refractivity contribution in [2.45, 2.75) is 18.1 Å². The number of thiophene rings is 1. The molecule has 0 fully saturated rings. The van der Waals surface area contributed by atoms with Gasteiger partial charge in [-0.05, 0) is 37.1 Å². The molecular weight excluding hydrogens is 348 g/mol. The normalized spacial score (nSPS) is 12.0. The molecule has 8 heteroatoms. The van der Waals surface area contributed by atoms with Gasteiger partial charge in [0.2, 0.25) is 0 Å². The van der Waals surface area contributed by atoms with Gasteiger partial charge in [-0.2, -0.15) is 0 Å². The van der Waals surface area contributed by atoms with Crippen LogP contribution in [0.5, 0.6) is 0 Å². The Morgan fingerprint density at radius 3 is 2.43 bits per heavy atom. The Kier molecular flexibility index (Phi) is 3.69. The van der Waals surface area contributed by atoms with Crippen LogP contribution >= 0.6 is 34.3 Å². The van der Waals surface area contributed by atoms with Gasteiger partial charge in [0, 0.05) is 0 Å². The fraction of sp³-hybridized carbons (Fsp3) is 0.154. The monoisotopic (exact) mass is 358 g/mol. The molecule has 4 nitrogen and oxygen atoms in total. The van der Waals surface area contributed by atoms with Crippen molar-refractivity contribution < 1.29 is 8.42 Å². The number of hydrogen-bond donors (Lipinski definition) is 1. The molecule has 0 saturated heterocycles. The number of thiazole rings is 1. The summed E-state index contributed by atoms with van der Waals surface area (Å²) < 4.78 is 28.7. The van der Waals surface area contributed by atoms with Crippen molar-refractivity contribution in [3.63, 3.8) is 0 Å². The molecule has 0 amide bonds. The Balaban J connectivity index is 2.02. The van der Waals surface area contributed by atoms with E-state index >= 15 is 0 Å².